The molecule has 3 aromatic carbocycles. The monoisotopic (exact) mass is 668 g/mol. The minimum atomic E-state index is -0.931. The van der Waals surface area contributed by atoms with Crippen molar-refractivity contribution in [1.29, 1.82) is 0 Å². The maximum absolute atomic E-state index is 13.6. The first kappa shape index (κ1) is 33.3. The van der Waals surface area contributed by atoms with Crippen molar-refractivity contribution in [3.63, 3.8) is 0 Å². The number of fused-ring (bicyclic) bond motifs is 1. The number of allylic oxidation sites excluding steroid dienone is 2. The molecule has 1 atom stereocenters. The van der Waals surface area contributed by atoms with E-state index in [0.717, 1.165) is 5.56 Å². The molecule has 1 aliphatic rings. The van der Waals surface area contributed by atoms with Gasteiger partial charge in [-0.05, 0) is 54.1 Å². The normalized spacial score (nSPS) is 12.8. The summed E-state index contributed by atoms with van der Waals surface area (Å²) in [5.41, 5.74) is 3.01. The van der Waals surface area contributed by atoms with Crippen LogP contribution in [0.2, 0.25) is 0 Å². The Morgan fingerprint density at radius 3 is 2.26 bits per heavy atom. The Kier molecular flexibility index (Phi) is 11.3. The third-order valence-corrected chi connectivity index (χ3v) is 8.69. The van der Waals surface area contributed by atoms with Gasteiger partial charge in [0.1, 0.15) is 11.9 Å². The van der Waals surface area contributed by atoms with Crippen molar-refractivity contribution in [3.8, 4) is 0 Å². The molecular weight excluding hydrogens is 636 g/mol. The van der Waals surface area contributed by atoms with Crippen LogP contribution in [0.5, 0.6) is 0 Å². The zero-order valence-electron chi connectivity index (χ0n) is 25.4. The number of hydrogen-bond donors (Lipinski definition) is 3. The van der Waals surface area contributed by atoms with E-state index in [1.807, 2.05) is 47.8 Å². The van der Waals surface area contributed by atoms with E-state index in [-0.39, 0.29) is 41.4 Å². The molecule has 9 nitrogen and oxygen atoms in total. The van der Waals surface area contributed by atoms with E-state index in [1.54, 1.807) is 48.5 Å². The highest BCUT2D eigenvalue weighted by atomic mass is 35.5. The maximum Gasteiger partial charge on any atom is 0.248 e. The zero-order valence-corrected chi connectivity index (χ0v) is 27.0. The lowest BCUT2D eigenvalue weighted by atomic mass is 9.93. The predicted octanol–water partition coefficient (Wildman–Crippen LogP) is 5.69. The van der Waals surface area contributed by atoms with Crippen molar-refractivity contribution in [2.75, 3.05) is 29.2 Å². The van der Waals surface area contributed by atoms with E-state index < -0.39 is 11.9 Å². The molecule has 0 saturated carbocycles. The molecule has 3 amide bonds. The Balaban J connectivity index is 1.18. The number of benzene rings is 3. The first-order chi connectivity index (χ1) is 22.9. The van der Waals surface area contributed by atoms with E-state index in [9.17, 15) is 24.0 Å². The molecule has 5 rings (SSSR count). The van der Waals surface area contributed by atoms with E-state index in [0.29, 0.717) is 53.3 Å². The smallest absolute Gasteiger partial charge is 0.248 e. The second-order valence-electron chi connectivity index (χ2n) is 10.8. The number of Topliss-reactive ketones (excluding diaryl/α,β-unsaturated/α-hetero) is 1. The van der Waals surface area contributed by atoms with Gasteiger partial charge in [0.2, 0.25) is 23.5 Å². The van der Waals surface area contributed by atoms with Crippen LogP contribution in [-0.4, -0.2) is 48.3 Å². The van der Waals surface area contributed by atoms with Crippen LogP contribution in [-0.2, 0) is 20.8 Å². The summed E-state index contributed by atoms with van der Waals surface area (Å²) >= 11 is 7.39. The molecule has 0 aliphatic heterocycles. The van der Waals surface area contributed by atoms with Crippen molar-refractivity contribution in [2.24, 2.45) is 0 Å². The van der Waals surface area contributed by atoms with Crippen molar-refractivity contribution in [3.05, 3.63) is 130 Å². The quantitative estimate of drug-likeness (QED) is 0.117. The zero-order chi connectivity index (χ0) is 33.2. The summed E-state index contributed by atoms with van der Waals surface area (Å²) in [5.74, 6) is -1.82. The third-order valence-electron chi connectivity index (χ3n) is 7.54. The Morgan fingerprint density at radius 1 is 0.830 bits per heavy atom. The van der Waals surface area contributed by atoms with Gasteiger partial charge >= 0.3 is 0 Å². The molecule has 0 spiro atoms. The molecule has 240 valence electrons. The fourth-order valence-corrected chi connectivity index (χ4v) is 6.18. The van der Waals surface area contributed by atoms with Crippen molar-refractivity contribution < 1.29 is 24.0 Å². The number of nitrogens with zero attached hydrogens (tertiary/aromatic N) is 1. The molecule has 0 radical (unpaired) electrons. The topological polar surface area (TPSA) is 125 Å². The van der Waals surface area contributed by atoms with Gasteiger partial charge in [-0.3, -0.25) is 28.9 Å². The number of hydrogen-bond acceptors (Lipinski definition) is 7. The van der Waals surface area contributed by atoms with Gasteiger partial charge in [-0.15, -0.1) is 22.9 Å². The standard InChI is InChI=1S/C36H33ClN4O5S/c37-23-33(44)41(34(31-12-7-21-47-31)36(46)39-20-18-24-8-2-1-3-9-24)26-16-14-25(15-17-26)40-32(43)13-6-19-38-29-22-30(42)27-10-4-5-11-28(27)35(29)45/h1-5,7-12,14-17,21-22,34,38H,6,13,18-20,23H2,(H,39,46)(H,40,43). The van der Waals surface area contributed by atoms with Gasteiger partial charge in [0.15, 0.2) is 5.78 Å². The summed E-state index contributed by atoms with van der Waals surface area (Å²) < 4.78 is 0. The molecule has 11 heteroatoms. The van der Waals surface area contributed by atoms with Crippen molar-refractivity contribution in [1.82, 2.24) is 10.6 Å². The van der Waals surface area contributed by atoms with Crippen LogP contribution in [0, 0.1) is 0 Å². The first-order valence-electron chi connectivity index (χ1n) is 15.1. The first-order valence-corrected chi connectivity index (χ1v) is 16.5. The number of carbonyl (C=O) groups excluding carboxylic acids is 5. The molecular formula is C36H33ClN4O5S. The summed E-state index contributed by atoms with van der Waals surface area (Å²) in [6.07, 6.45) is 2.52. The van der Waals surface area contributed by atoms with E-state index in [2.05, 4.69) is 16.0 Å². The predicted molar refractivity (Wildman–Crippen MR) is 184 cm³/mol. The number of thiophene rings is 1. The van der Waals surface area contributed by atoms with Gasteiger partial charge in [0.05, 0.1) is 5.70 Å². The van der Waals surface area contributed by atoms with Gasteiger partial charge in [-0.2, -0.15) is 0 Å². The SMILES string of the molecule is O=C(CCCNC1=CC(=O)c2ccccc2C1=O)Nc1ccc(N(C(=O)CCl)C(C(=O)NCCc2ccccc2)c2cccs2)cc1. The Morgan fingerprint density at radius 2 is 1.55 bits per heavy atom. The Hall–Kier alpha value is -5.06. The average molecular weight is 669 g/mol. The number of carbonyl (C=O) groups is 5. The highest BCUT2D eigenvalue weighted by Gasteiger charge is 2.33. The van der Waals surface area contributed by atoms with Crippen LogP contribution >= 0.6 is 22.9 Å². The summed E-state index contributed by atoms with van der Waals surface area (Å²) in [6.45, 7) is 0.723. The summed E-state index contributed by atoms with van der Waals surface area (Å²) in [5, 5.41) is 10.6. The van der Waals surface area contributed by atoms with Crippen LogP contribution < -0.4 is 20.9 Å². The van der Waals surface area contributed by atoms with Crippen molar-refractivity contribution in [2.45, 2.75) is 25.3 Å². The number of alkyl halides is 1. The van der Waals surface area contributed by atoms with Gasteiger partial charge in [0.25, 0.3) is 0 Å². The van der Waals surface area contributed by atoms with Crippen LogP contribution in [0.25, 0.3) is 0 Å². The lowest BCUT2D eigenvalue weighted by Gasteiger charge is -2.30. The highest BCUT2D eigenvalue weighted by molar-refractivity contribution is 7.10. The molecule has 1 heterocycles. The molecule has 1 aromatic heterocycles. The minimum Gasteiger partial charge on any atom is -0.382 e. The molecule has 0 fully saturated rings. The largest absolute Gasteiger partial charge is 0.382 e. The van der Waals surface area contributed by atoms with Crippen LogP contribution in [0.4, 0.5) is 11.4 Å². The van der Waals surface area contributed by atoms with Gasteiger partial charge in [-0.25, -0.2) is 0 Å². The van der Waals surface area contributed by atoms with Crippen LogP contribution in [0.3, 0.4) is 0 Å². The second-order valence-corrected chi connectivity index (χ2v) is 12.0. The lowest BCUT2D eigenvalue weighted by molar-refractivity contribution is -0.125. The number of nitrogens with one attached hydrogen (secondary N) is 3. The van der Waals surface area contributed by atoms with E-state index in [1.165, 1.54) is 22.3 Å². The molecule has 1 aliphatic carbocycles. The lowest BCUT2D eigenvalue weighted by Crippen LogP contribution is -2.44. The molecule has 4 aromatic rings. The molecule has 0 bridgehead atoms. The number of amides is 3. The van der Waals surface area contributed by atoms with Crippen molar-refractivity contribution >= 4 is 63.6 Å². The molecule has 47 heavy (non-hydrogen) atoms. The minimum absolute atomic E-state index is 0.168. The van der Waals surface area contributed by atoms with Crippen LogP contribution in [0.1, 0.15) is 50.0 Å². The van der Waals surface area contributed by atoms with Crippen LogP contribution in [0.15, 0.2) is 108 Å². The maximum atomic E-state index is 13.6. The van der Waals surface area contributed by atoms with E-state index >= 15 is 0 Å². The second kappa shape index (κ2) is 16.0. The average Bonchev–Trinajstić information content (AvgIpc) is 3.63. The fourth-order valence-electron chi connectivity index (χ4n) is 5.24. The van der Waals surface area contributed by atoms with Gasteiger partial charge < -0.3 is 16.0 Å². The third kappa shape index (κ3) is 8.41. The van der Waals surface area contributed by atoms with Gasteiger partial charge in [0, 0.05) is 53.0 Å². The molecule has 1 unspecified atom stereocenters. The number of ketones is 2. The Labute approximate surface area is 281 Å². The number of anilines is 2. The number of rotatable bonds is 14. The molecule has 0 saturated heterocycles. The highest BCUT2D eigenvalue weighted by Crippen LogP contribution is 2.32. The van der Waals surface area contributed by atoms with Gasteiger partial charge in [-0.1, -0.05) is 60.7 Å². The Bertz CT molecular complexity index is 1770. The number of halogens is 1. The summed E-state index contributed by atoms with van der Waals surface area (Å²) in [6, 6.07) is 25.8. The van der Waals surface area contributed by atoms with E-state index in [4.69, 9.17) is 11.6 Å². The summed E-state index contributed by atoms with van der Waals surface area (Å²) in [7, 11) is 0. The summed E-state index contributed by atoms with van der Waals surface area (Å²) in [4.78, 5) is 66.5. The fraction of sp³-hybridized carbons (Fsp3) is 0.194. The molecule has 3 N–H and O–H groups in total.